The number of imide groups is 1. The van der Waals surface area contributed by atoms with Crippen molar-refractivity contribution in [2.45, 2.75) is 19.4 Å². The molecule has 2 saturated heterocycles. The molecule has 2 fully saturated rings. The highest BCUT2D eigenvalue weighted by Crippen LogP contribution is 2.31. The van der Waals surface area contributed by atoms with Gasteiger partial charge in [0.1, 0.15) is 18.1 Å². The van der Waals surface area contributed by atoms with E-state index in [1.54, 1.807) is 29.2 Å². The van der Waals surface area contributed by atoms with E-state index in [4.69, 9.17) is 21.1 Å². The Morgan fingerprint density at radius 2 is 1.94 bits per heavy atom. The fourth-order valence-corrected chi connectivity index (χ4v) is 4.30. The van der Waals surface area contributed by atoms with Crippen molar-refractivity contribution < 1.29 is 23.9 Å². The van der Waals surface area contributed by atoms with Gasteiger partial charge < -0.3 is 14.4 Å². The van der Waals surface area contributed by atoms with E-state index in [-0.39, 0.29) is 12.1 Å². The largest absolute Gasteiger partial charge is 0.457 e. The van der Waals surface area contributed by atoms with Crippen LogP contribution in [0.4, 0.5) is 9.59 Å². The van der Waals surface area contributed by atoms with Gasteiger partial charge in [-0.05, 0) is 72.6 Å². The molecule has 1 N–H and O–H groups in total. The molecular weight excluding hydrogens is 440 g/mol. The van der Waals surface area contributed by atoms with E-state index in [9.17, 15) is 14.4 Å². The van der Waals surface area contributed by atoms with Crippen molar-refractivity contribution in [2.75, 3.05) is 13.2 Å². The lowest BCUT2D eigenvalue weighted by Gasteiger charge is -2.19. The van der Waals surface area contributed by atoms with Gasteiger partial charge in [-0.25, -0.2) is 4.79 Å². The molecule has 7 nitrogen and oxygen atoms in total. The highest BCUT2D eigenvalue weighted by molar-refractivity contribution is 8.18. The highest BCUT2D eigenvalue weighted by Gasteiger charge is 2.31. The van der Waals surface area contributed by atoms with Gasteiger partial charge >= 0.3 is 6.09 Å². The number of hydrogen-bond acceptors (Lipinski definition) is 6. The number of thioether (sulfide) groups is 1. The van der Waals surface area contributed by atoms with Crippen LogP contribution in [0.15, 0.2) is 47.4 Å². The van der Waals surface area contributed by atoms with Gasteiger partial charge in [-0.2, -0.15) is 0 Å². The average Bonchev–Trinajstić information content (AvgIpc) is 3.25. The first-order chi connectivity index (χ1) is 14.9. The number of nitrogens with zero attached hydrogens (tertiary/aromatic N) is 1. The Labute approximate surface area is 188 Å². The van der Waals surface area contributed by atoms with Crippen LogP contribution >= 0.6 is 23.4 Å². The number of cyclic esters (lactones) is 1. The van der Waals surface area contributed by atoms with Gasteiger partial charge in [-0.1, -0.05) is 23.7 Å². The van der Waals surface area contributed by atoms with Gasteiger partial charge in [0, 0.05) is 6.54 Å². The maximum atomic E-state index is 11.7. The summed E-state index contributed by atoms with van der Waals surface area (Å²) in [5.41, 5.74) is 1.70. The number of amides is 3. The monoisotopic (exact) mass is 458 g/mol. The molecule has 2 aromatic carbocycles. The summed E-state index contributed by atoms with van der Waals surface area (Å²) >= 11 is 7.16. The molecule has 1 atom stereocenters. The van der Waals surface area contributed by atoms with E-state index in [2.05, 4.69) is 5.32 Å². The average molecular weight is 459 g/mol. The predicted molar refractivity (Wildman–Crippen MR) is 118 cm³/mol. The number of nitrogens with one attached hydrogen (secondary N) is 1. The first-order valence-corrected chi connectivity index (χ1v) is 10.9. The highest BCUT2D eigenvalue weighted by atomic mass is 35.5. The van der Waals surface area contributed by atoms with Crippen molar-refractivity contribution in [3.63, 3.8) is 0 Å². The van der Waals surface area contributed by atoms with E-state index < -0.39 is 11.1 Å². The molecule has 0 radical (unpaired) electrons. The van der Waals surface area contributed by atoms with Crippen molar-refractivity contribution in [1.82, 2.24) is 10.2 Å². The fourth-order valence-electron chi connectivity index (χ4n) is 3.40. The number of halogens is 1. The zero-order valence-electron chi connectivity index (χ0n) is 16.6. The molecule has 0 aliphatic carbocycles. The molecule has 160 valence electrons. The number of likely N-dealkylation sites (N-methyl/N-ethyl adjacent to an activating group) is 1. The van der Waals surface area contributed by atoms with Crippen molar-refractivity contribution in [3.05, 3.63) is 63.5 Å². The smallest absolute Gasteiger partial charge is 0.410 e. The van der Waals surface area contributed by atoms with Crippen LogP contribution in [-0.4, -0.2) is 41.3 Å². The Hall–Kier alpha value is -2.97. The lowest BCUT2D eigenvalue weighted by Crippen LogP contribution is -2.34. The second-order valence-corrected chi connectivity index (χ2v) is 8.42. The van der Waals surface area contributed by atoms with Crippen LogP contribution in [0.25, 0.3) is 6.08 Å². The Morgan fingerprint density at radius 3 is 2.58 bits per heavy atom. The Balaban J connectivity index is 1.41. The Kier molecular flexibility index (Phi) is 6.20. The number of carbonyl (C=O) groups is 3. The maximum Gasteiger partial charge on any atom is 0.410 e. The van der Waals surface area contributed by atoms with E-state index in [1.807, 2.05) is 31.2 Å². The van der Waals surface area contributed by atoms with Crippen LogP contribution in [0.2, 0.25) is 5.02 Å². The second kappa shape index (κ2) is 9.03. The van der Waals surface area contributed by atoms with E-state index in [0.717, 1.165) is 17.3 Å². The van der Waals surface area contributed by atoms with Crippen molar-refractivity contribution in [1.29, 1.82) is 0 Å². The summed E-state index contributed by atoms with van der Waals surface area (Å²) in [5, 5.41) is 2.21. The minimum absolute atomic E-state index is 0.0418. The van der Waals surface area contributed by atoms with E-state index in [0.29, 0.717) is 46.6 Å². The molecule has 2 aromatic rings. The topological polar surface area (TPSA) is 84.9 Å². The summed E-state index contributed by atoms with van der Waals surface area (Å²) < 4.78 is 11.0. The van der Waals surface area contributed by atoms with Crippen LogP contribution in [0, 0.1) is 0 Å². The van der Waals surface area contributed by atoms with Crippen LogP contribution in [0.3, 0.4) is 0 Å². The van der Waals surface area contributed by atoms with Crippen LogP contribution < -0.4 is 10.1 Å². The van der Waals surface area contributed by atoms with Crippen molar-refractivity contribution in [3.8, 4) is 11.5 Å². The van der Waals surface area contributed by atoms with Crippen molar-refractivity contribution in [2.24, 2.45) is 0 Å². The third-order valence-corrected chi connectivity index (χ3v) is 6.08. The predicted octanol–water partition coefficient (Wildman–Crippen LogP) is 4.84. The van der Waals surface area contributed by atoms with Crippen LogP contribution in [0.5, 0.6) is 11.5 Å². The standard InChI is InChI=1S/C22H19ClN2O5S/c1-2-25-15(12-29-22(25)28)9-13-3-6-16(7-4-13)30-17-8-5-14(18(23)11-17)10-19-20(26)24-21(27)31-19/h3-8,10-11,15H,2,9,12H2,1H3,(H,24,26,27). The van der Waals surface area contributed by atoms with Gasteiger partial charge in [0.15, 0.2) is 0 Å². The second-order valence-electron chi connectivity index (χ2n) is 7.00. The number of ether oxygens (including phenoxy) is 2. The first kappa shape index (κ1) is 21.3. The van der Waals surface area contributed by atoms with Gasteiger partial charge in [-0.15, -0.1) is 0 Å². The number of benzene rings is 2. The third-order valence-electron chi connectivity index (χ3n) is 4.95. The SMILES string of the molecule is CCN1C(=O)OCC1Cc1ccc(Oc2ccc(C=C3SC(=O)NC3=O)c(Cl)c2)cc1. The molecule has 0 saturated carbocycles. The Morgan fingerprint density at radius 1 is 1.19 bits per heavy atom. The summed E-state index contributed by atoms with van der Waals surface area (Å²) in [6.45, 7) is 2.96. The van der Waals surface area contributed by atoms with Gasteiger partial charge in [-0.3, -0.25) is 14.9 Å². The maximum absolute atomic E-state index is 11.7. The molecule has 3 amide bonds. The molecule has 2 aliphatic rings. The zero-order valence-corrected chi connectivity index (χ0v) is 18.2. The van der Waals surface area contributed by atoms with Crippen molar-refractivity contribution >= 4 is 46.7 Å². The normalized spacial score (nSPS) is 19.7. The van der Waals surface area contributed by atoms with Gasteiger partial charge in [0.25, 0.3) is 11.1 Å². The minimum Gasteiger partial charge on any atom is -0.457 e. The van der Waals surface area contributed by atoms with Gasteiger partial charge in [0.2, 0.25) is 0 Å². The summed E-state index contributed by atoms with van der Waals surface area (Å²) in [5.74, 6) is 0.766. The quantitative estimate of drug-likeness (QED) is 0.623. The molecular formula is C22H19ClN2O5S. The molecule has 1 unspecified atom stereocenters. The zero-order chi connectivity index (χ0) is 22.0. The molecule has 4 rings (SSSR count). The number of rotatable bonds is 6. The Bertz CT molecular complexity index is 1070. The third kappa shape index (κ3) is 4.86. The first-order valence-electron chi connectivity index (χ1n) is 9.67. The minimum atomic E-state index is -0.429. The lowest BCUT2D eigenvalue weighted by molar-refractivity contribution is -0.115. The fraction of sp³-hybridized carbons (Fsp3) is 0.227. The molecule has 0 aromatic heterocycles. The molecule has 0 bridgehead atoms. The molecule has 2 aliphatic heterocycles. The molecule has 9 heteroatoms. The van der Waals surface area contributed by atoms with Crippen LogP contribution in [0.1, 0.15) is 18.1 Å². The molecule has 31 heavy (non-hydrogen) atoms. The van der Waals surface area contributed by atoms with Crippen LogP contribution in [-0.2, 0) is 16.0 Å². The summed E-state index contributed by atoms with van der Waals surface area (Å²) in [6.07, 6.45) is 2.02. The lowest BCUT2D eigenvalue weighted by atomic mass is 10.1. The summed E-state index contributed by atoms with van der Waals surface area (Å²) in [4.78, 5) is 36.7. The number of hydrogen-bond donors (Lipinski definition) is 1. The summed E-state index contributed by atoms with van der Waals surface area (Å²) in [6, 6.07) is 12.8. The number of carbonyl (C=O) groups excluding carboxylic acids is 3. The summed E-state index contributed by atoms with van der Waals surface area (Å²) in [7, 11) is 0. The molecule has 2 heterocycles. The van der Waals surface area contributed by atoms with Gasteiger partial charge in [0.05, 0.1) is 16.0 Å². The molecule has 0 spiro atoms. The van der Waals surface area contributed by atoms with E-state index >= 15 is 0 Å². The van der Waals surface area contributed by atoms with E-state index in [1.165, 1.54) is 0 Å².